The second-order valence-electron chi connectivity index (χ2n) is 4.86. The molecular weight excluding hydrogens is 220 g/mol. The van der Waals surface area contributed by atoms with Gasteiger partial charge in [0.05, 0.1) is 0 Å². The summed E-state index contributed by atoms with van der Waals surface area (Å²) >= 11 is 0. The minimum Gasteiger partial charge on any atom is -0.481 e. The van der Waals surface area contributed by atoms with Crippen LogP contribution in [0.2, 0.25) is 0 Å². The number of nitrogens with zero attached hydrogens (tertiary/aromatic N) is 1. The third-order valence-corrected chi connectivity index (χ3v) is 2.32. The van der Waals surface area contributed by atoms with Gasteiger partial charge in [0, 0.05) is 18.1 Å². The summed E-state index contributed by atoms with van der Waals surface area (Å²) in [7, 11) is 0. The molecule has 5 nitrogen and oxygen atoms in total. The van der Waals surface area contributed by atoms with Crippen molar-refractivity contribution in [3.05, 3.63) is 24.5 Å². The Morgan fingerprint density at radius 2 is 1.82 bits per heavy atom. The minimum atomic E-state index is -1.12. The van der Waals surface area contributed by atoms with E-state index in [1.807, 2.05) is 0 Å². The molecule has 0 fully saturated rings. The van der Waals surface area contributed by atoms with Gasteiger partial charge in [0.15, 0.2) is 0 Å². The molecule has 1 amide bonds. The third kappa shape index (κ3) is 3.55. The van der Waals surface area contributed by atoms with E-state index in [2.05, 4.69) is 10.3 Å². The summed E-state index contributed by atoms with van der Waals surface area (Å²) in [5.74, 6) is -2.73. The Labute approximate surface area is 99.9 Å². The number of amides is 1. The summed E-state index contributed by atoms with van der Waals surface area (Å²) < 4.78 is 0. The fraction of sp³-hybridized carbons (Fsp3) is 0.417. The lowest BCUT2D eigenvalue weighted by atomic mass is 9.80. The summed E-state index contributed by atoms with van der Waals surface area (Å²) in [6, 6.07) is 3.22. The summed E-state index contributed by atoms with van der Waals surface area (Å²) in [6.45, 7) is 5.16. The lowest BCUT2D eigenvalue weighted by Crippen LogP contribution is -2.39. The number of hydrogen-bond acceptors (Lipinski definition) is 3. The van der Waals surface area contributed by atoms with Crippen LogP contribution in [0.4, 0.5) is 5.69 Å². The maximum Gasteiger partial charge on any atom is 0.316 e. The molecule has 0 saturated carbocycles. The van der Waals surface area contributed by atoms with Crippen LogP contribution in [0.1, 0.15) is 20.8 Å². The highest BCUT2D eigenvalue weighted by Gasteiger charge is 2.37. The number of carboxylic acid groups (broad SMARTS) is 1. The van der Waals surface area contributed by atoms with Crippen molar-refractivity contribution >= 4 is 17.6 Å². The number of nitrogens with one attached hydrogen (secondary N) is 1. The van der Waals surface area contributed by atoms with Gasteiger partial charge in [-0.05, 0) is 17.5 Å². The van der Waals surface area contributed by atoms with Gasteiger partial charge in [-0.2, -0.15) is 0 Å². The van der Waals surface area contributed by atoms with Crippen molar-refractivity contribution in [3.63, 3.8) is 0 Å². The maximum atomic E-state index is 11.9. The molecule has 1 atom stereocenters. The van der Waals surface area contributed by atoms with Crippen LogP contribution in [0.25, 0.3) is 0 Å². The van der Waals surface area contributed by atoms with Gasteiger partial charge in [-0.3, -0.25) is 14.6 Å². The van der Waals surface area contributed by atoms with Crippen LogP contribution in [-0.2, 0) is 9.59 Å². The number of rotatable bonds is 3. The quantitative estimate of drug-likeness (QED) is 0.784. The minimum absolute atomic E-state index is 0.517. The first-order valence-corrected chi connectivity index (χ1v) is 5.26. The van der Waals surface area contributed by atoms with E-state index in [0.717, 1.165) is 0 Å². The largest absolute Gasteiger partial charge is 0.481 e. The standard InChI is InChI=1S/C12H16N2O3/c1-12(2,3)9(11(16)17)10(15)14-8-4-6-13-7-5-8/h4-7,9H,1-3H3,(H,16,17)(H,13,14,15). The van der Waals surface area contributed by atoms with E-state index in [0.29, 0.717) is 5.69 Å². The van der Waals surface area contributed by atoms with E-state index in [1.165, 1.54) is 12.4 Å². The van der Waals surface area contributed by atoms with E-state index < -0.39 is 23.2 Å². The molecule has 0 aromatic carbocycles. The van der Waals surface area contributed by atoms with Gasteiger partial charge in [0.2, 0.25) is 5.91 Å². The first kappa shape index (κ1) is 13.2. The zero-order valence-corrected chi connectivity index (χ0v) is 10.1. The first-order valence-electron chi connectivity index (χ1n) is 5.26. The molecule has 92 valence electrons. The zero-order valence-electron chi connectivity index (χ0n) is 10.1. The number of pyridine rings is 1. The Kier molecular flexibility index (Phi) is 3.83. The van der Waals surface area contributed by atoms with E-state index in [9.17, 15) is 9.59 Å². The molecule has 1 heterocycles. The third-order valence-electron chi connectivity index (χ3n) is 2.32. The second-order valence-corrected chi connectivity index (χ2v) is 4.86. The highest BCUT2D eigenvalue weighted by atomic mass is 16.4. The SMILES string of the molecule is CC(C)(C)C(C(=O)O)C(=O)Nc1ccncc1. The number of hydrogen-bond donors (Lipinski definition) is 2. The smallest absolute Gasteiger partial charge is 0.316 e. The first-order chi connectivity index (χ1) is 7.82. The predicted octanol–water partition coefficient (Wildman–Crippen LogP) is 1.77. The number of carbonyl (C=O) groups excluding carboxylic acids is 1. The van der Waals surface area contributed by atoms with Gasteiger partial charge in [0.25, 0.3) is 0 Å². The summed E-state index contributed by atoms with van der Waals surface area (Å²) in [6.07, 6.45) is 3.06. The van der Waals surface area contributed by atoms with Gasteiger partial charge in [-0.15, -0.1) is 0 Å². The fourth-order valence-corrected chi connectivity index (χ4v) is 1.53. The van der Waals surface area contributed by atoms with Gasteiger partial charge < -0.3 is 10.4 Å². The van der Waals surface area contributed by atoms with Gasteiger partial charge in [-0.1, -0.05) is 20.8 Å². The van der Waals surface area contributed by atoms with Crippen molar-refractivity contribution in [1.82, 2.24) is 4.98 Å². The number of anilines is 1. The topological polar surface area (TPSA) is 79.3 Å². The van der Waals surface area contributed by atoms with Crippen LogP contribution >= 0.6 is 0 Å². The molecule has 0 aliphatic heterocycles. The van der Waals surface area contributed by atoms with Gasteiger partial charge >= 0.3 is 5.97 Å². The molecule has 5 heteroatoms. The Bertz CT molecular complexity index is 410. The van der Waals surface area contributed by atoms with Crippen LogP contribution in [0.15, 0.2) is 24.5 Å². The van der Waals surface area contributed by atoms with Crippen molar-refractivity contribution in [1.29, 1.82) is 0 Å². The lowest BCUT2D eigenvalue weighted by Gasteiger charge is -2.25. The van der Waals surface area contributed by atoms with E-state index in [1.54, 1.807) is 32.9 Å². The molecule has 0 bridgehead atoms. The second kappa shape index (κ2) is 4.95. The average Bonchev–Trinajstić information content (AvgIpc) is 2.15. The molecule has 1 aromatic rings. The summed E-state index contributed by atoms with van der Waals surface area (Å²) in [5, 5.41) is 11.7. The molecule has 1 aromatic heterocycles. The maximum absolute atomic E-state index is 11.9. The molecule has 0 radical (unpaired) electrons. The molecule has 17 heavy (non-hydrogen) atoms. The Hall–Kier alpha value is -1.91. The molecule has 1 rings (SSSR count). The predicted molar refractivity (Wildman–Crippen MR) is 63.4 cm³/mol. The molecule has 2 N–H and O–H groups in total. The molecular formula is C12H16N2O3. The molecule has 0 aliphatic rings. The van der Waals surface area contributed by atoms with E-state index in [-0.39, 0.29) is 0 Å². The number of aliphatic carboxylic acids is 1. The monoisotopic (exact) mass is 236 g/mol. The van der Waals surface area contributed by atoms with Crippen molar-refractivity contribution in [2.75, 3.05) is 5.32 Å². The zero-order chi connectivity index (χ0) is 13.1. The summed E-state index contributed by atoms with van der Waals surface area (Å²) in [5.41, 5.74) is -0.0938. The molecule has 1 unspecified atom stereocenters. The Morgan fingerprint density at radius 1 is 1.29 bits per heavy atom. The Morgan fingerprint density at radius 3 is 2.24 bits per heavy atom. The molecule has 0 spiro atoms. The number of carboxylic acids is 1. The number of carbonyl (C=O) groups is 2. The van der Waals surface area contributed by atoms with Crippen molar-refractivity contribution < 1.29 is 14.7 Å². The van der Waals surface area contributed by atoms with Gasteiger partial charge in [0.1, 0.15) is 5.92 Å². The van der Waals surface area contributed by atoms with Crippen LogP contribution in [0, 0.1) is 11.3 Å². The molecule has 0 aliphatic carbocycles. The van der Waals surface area contributed by atoms with Crippen molar-refractivity contribution in [2.45, 2.75) is 20.8 Å². The van der Waals surface area contributed by atoms with Crippen LogP contribution in [-0.4, -0.2) is 22.0 Å². The van der Waals surface area contributed by atoms with Crippen molar-refractivity contribution in [3.8, 4) is 0 Å². The lowest BCUT2D eigenvalue weighted by molar-refractivity contribution is -0.149. The highest BCUT2D eigenvalue weighted by molar-refractivity contribution is 6.04. The van der Waals surface area contributed by atoms with Crippen LogP contribution < -0.4 is 5.32 Å². The van der Waals surface area contributed by atoms with E-state index in [4.69, 9.17) is 5.11 Å². The Balaban J connectivity index is 2.84. The van der Waals surface area contributed by atoms with Crippen molar-refractivity contribution in [2.24, 2.45) is 11.3 Å². The van der Waals surface area contributed by atoms with Crippen LogP contribution in [0.3, 0.4) is 0 Å². The molecule has 0 saturated heterocycles. The van der Waals surface area contributed by atoms with Crippen LogP contribution in [0.5, 0.6) is 0 Å². The normalized spacial score (nSPS) is 12.9. The van der Waals surface area contributed by atoms with Gasteiger partial charge in [-0.25, -0.2) is 0 Å². The highest BCUT2D eigenvalue weighted by Crippen LogP contribution is 2.27. The fourth-order valence-electron chi connectivity index (χ4n) is 1.53. The van der Waals surface area contributed by atoms with E-state index >= 15 is 0 Å². The number of aromatic nitrogens is 1. The summed E-state index contributed by atoms with van der Waals surface area (Å²) in [4.78, 5) is 26.8. The average molecular weight is 236 g/mol.